The van der Waals surface area contributed by atoms with Gasteiger partial charge >= 0.3 is 0 Å². The van der Waals surface area contributed by atoms with Gasteiger partial charge in [0.15, 0.2) is 5.69 Å². The monoisotopic (exact) mass is 541 g/mol. The topological polar surface area (TPSA) is 174 Å². The van der Waals surface area contributed by atoms with Gasteiger partial charge in [-0.25, -0.2) is 13.1 Å². The van der Waals surface area contributed by atoms with Gasteiger partial charge in [0, 0.05) is 37.5 Å². The lowest BCUT2D eigenvalue weighted by Crippen LogP contribution is -2.37. The summed E-state index contributed by atoms with van der Waals surface area (Å²) in [7, 11) is -3.83. The number of carbonyl (C=O) groups excluding carboxylic acids is 1. The van der Waals surface area contributed by atoms with Crippen molar-refractivity contribution in [3.63, 3.8) is 0 Å². The zero-order valence-corrected chi connectivity index (χ0v) is 20.7. The van der Waals surface area contributed by atoms with Crippen LogP contribution in [0.3, 0.4) is 0 Å². The molecule has 2 N–H and O–H groups in total. The fraction of sp³-hybridized carbons (Fsp3) is 0.208. The number of hydrogen-bond donors (Lipinski definition) is 2. The Morgan fingerprint density at radius 2 is 1.50 bits per heavy atom. The van der Waals surface area contributed by atoms with E-state index in [-0.39, 0.29) is 54.7 Å². The van der Waals surface area contributed by atoms with E-state index in [9.17, 15) is 33.4 Å². The molecule has 13 nitrogen and oxygen atoms in total. The van der Waals surface area contributed by atoms with Gasteiger partial charge in [-0.1, -0.05) is 30.3 Å². The number of benzene rings is 3. The minimum atomic E-state index is -3.83. The van der Waals surface area contributed by atoms with Crippen LogP contribution < -0.4 is 14.9 Å². The molecule has 1 aliphatic heterocycles. The molecular weight excluding hydrogens is 518 g/mol. The van der Waals surface area contributed by atoms with Crippen molar-refractivity contribution >= 4 is 38.7 Å². The van der Waals surface area contributed by atoms with E-state index < -0.39 is 37.2 Å². The maximum absolute atomic E-state index is 12.9. The fourth-order valence-corrected chi connectivity index (χ4v) is 4.92. The van der Waals surface area contributed by atoms with Crippen molar-refractivity contribution in [3.8, 4) is 0 Å². The highest BCUT2D eigenvalue weighted by molar-refractivity contribution is 7.89. The van der Waals surface area contributed by atoms with E-state index in [1.54, 1.807) is 24.3 Å². The lowest BCUT2D eigenvalue weighted by atomic mass is 10.1. The van der Waals surface area contributed by atoms with Crippen molar-refractivity contribution in [1.82, 2.24) is 4.72 Å². The average Bonchev–Trinajstić information content (AvgIpc) is 2.92. The van der Waals surface area contributed by atoms with E-state index in [0.717, 1.165) is 17.7 Å². The molecule has 1 fully saturated rings. The van der Waals surface area contributed by atoms with Gasteiger partial charge < -0.3 is 15.0 Å². The Bertz CT molecular complexity index is 1420. The van der Waals surface area contributed by atoms with Crippen molar-refractivity contribution in [2.75, 3.05) is 36.5 Å². The van der Waals surface area contributed by atoms with E-state index in [4.69, 9.17) is 4.74 Å². The number of morpholine rings is 1. The smallest absolute Gasteiger partial charge is 0.300 e. The number of amides is 1. The minimum absolute atomic E-state index is 0.0347. The summed E-state index contributed by atoms with van der Waals surface area (Å²) < 4.78 is 32.9. The molecule has 0 saturated carbocycles. The van der Waals surface area contributed by atoms with Gasteiger partial charge in [0.25, 0.3) is 17.3 Å². The van der Waals surface area contributed by atoms with Crippen LogP contribution in [0.5, 0.6) is 0 Å². The summed E-state index contributed by atoms with van der Waals surface area (Å²) in [5.41, 5.74) is -0.643. The van der Waals surface area contributed by atoms with Crippen LogP contribution in [0.1, 0.15) is 15.9 Å². The molecule has 3 aromatic rings. The molecule has 0 atom stereocenters. The molecule has 4 rings (SSSR count). The van der Waals surface area contributed by atoms with Gasteiger partial charge in [-0.2, -0.15) is 0 Å². The van der Waals surface area contributed by atoms with Crippen LogP contribution in [-0.4, -0.2) is 50.5 Å². The molecule has 38 heavy (non-hydrogen) atoms. The predicted octanol–water partition coefficient (Wildman–Crippen LogP) is 3.07. The second-order valence-corrected chi connectivity index (χ2v) is 10.0. The summed E-state index contributed by atoms with van der Waals surface area (Å²) in [5.74, 6) is -0.831. The predicted molar refractivity (Wildman–Crippen MR) is 138 cm³/mol. The van der Waals surface area contributed by atoms with E-state index in [1.165, 1.54) is 29.2 Å². The molecule has 1 amide bonds. The summed E-state index contributed by atoms with van der Waals surface area (Å²) in [4.78, 5) is 36.4. The number of nitrogens with zero attached hydrogens (tertiary/aromatic N) is 3. The number of rotatable bonds is 9. The molecular formula is C24H23N5O8S. The average molecular weight is 542 g/mol. The summed E-state index contributed by atoms with van der Waals surface area (Å²) in [6.07, 6.45) is 0. The first-order valence-corrected chi connectivity index (χ1v) is 12.9. The van der Waals surface area contributed by atoms with Crippen molar-refractivity contribution in [2.24, 2.45) is 0 Å². The Kier molecular flexibility index (Phi) is 7.95. The zero-order valence-electron chi connectivity index (χ0n) is 19.9. The molecule has 0 aliphatic carbocycles. The second-order valence-electron chi connectivity index (χ2n) is 8.27. The molecule has 0 unspecified atom stereocenters. The number of nitro groups is 2. The van der Waals surface area contributed by atoms with Crippen molar-refractivity contribution in [3.05, 3.63) is 98.1 Å². The molecule has 0 spiro atoms. The number of nitro benzene ring substituents is 2. The Balaban J connectivity index is 1.54. The molecule has 1 saturated heterocycles. The van der Waals surface area contributed by atoms with Crippen LogP contribution in [0, 0.1) is 20.2 Å². The maximum Gasteiger partial charge on any atom is 0.300 e. The largest absolute Gasteiger partial charge is 0.378 e. The van der Waals surface area contributed by atoms with Gasteiger partial charge in [0.1, 0.15) is 0 Å². The summed E-state index contributed by atoms with van der Waals surface area (Å²) in [5, 5.41) is 26.0. The summed E-state index contributed by atoms with van der Waals surface area (Å²) in [6.45, 7) is 1.05. The summed E-state index contributed by atoms with van der Waals surface area (Å²) in [6, 6.07) is 16.2. The first kappa shape index (κ1) is 26.7. The third-order valence-electron chi connectivity index (χ3n) is 5.78. The van der Waals surface area contributed by atoms with Gasteiger partial charge in [-0.3, -0.25) is 25.0 Å². The number of ether oxygens (including phenoxy) is 1. The fourth-order valence-electron chi connectivity index (χ4n) is 3.90. The highest BCUT2D eigenvalue weighted by Gasteiger charge is 2.33. The van der Waals surface area contributed by atoms with E-state index in [2.05, 4.69) is 10.0 Å². The lowest BCUT2D eigenvalue weighted by molar-refractivity contribution is -0.392. The minimum Gasteiger partial charge on any atom is -0.378 e. The SMILES string of the molecule is O=C(Nc1ccc(S(=O)(=O)NCc2ccccc2)cc1)c1cc([N+](=O)[O-])c(N2CCOCC2)c([N+](=O)[O-])c1. The van der Waals surface area contributed by atoms with Crippen LogP contribution in [0.2, 0.25) is 0 Å². The van der Waals surface area contributed by atoms with Crippen LogP contribution in [0.15, 0.2) is 71.6 Å². The molecule has 0 radical (unpaired) electrons. The summed E-state index contributed by atoms with van der Waals surface area (Å²) >= 11 is 0. The third kappa shape index (κ3) is 6.11. The van der Waals surface area contributed by atoms with Gasteiger partial charge in [0.05, 0.1) is 33.5 Å². The van der Waals surface area contributed by atoms with Crippen molar-refractivity contribution in [2.45, 2.75) is 11.4 Å². The Morgan fingerprint density at radius 3 is 2.05 bits per heavy atom. The molecule has 0 bridgehead atoms. The first-order chi connectivity index (χ1) is 18.2. The second kappa shape index (κ2) is 11.3. The van der Waals surface area contributed by atoms with Crippen LogP contribution in [-0.2, 0) is 21.3 Å². The molecule has 14 heteroatoms. The Morgan fingerprint density at radius 1 is 0.921 bits per heavy atom. The van der Waals surface area contributed by atoms with E-state index >= 15 is 0 Å². The Labute approximate surface area is 217 Å². The van der Waals surface area contributed by atoms with Crippen LogP contribution in [0.4, 0.5) is 22.7 Å². The zero-order chi connectivity index (χ0) is 27.3. The molecule has 0 aromatic heterocycles. The van der Waals surface area contributed by atoms with Crippen LogP contribution >= 0.6 is 0 Å². The number of nitrogens with one attached hydrogen (secondary N) is 2. The third-order valence-corrected chi connectivity index (χ3v) is 7.20. The van der Waals surface area contributed by atoms with Crippen molar-refractivity contribution in [1.29, 1.82) is 0 Å². The highest BCUT2D eigenvalue weighted by atomic mass is 32.2. The lowest BCUT2D eigenvalue weighted by Gasteiger charge is -2.28. The van der Waals surface area contributed by atoms with Crippen LogP contribution in [0.25, 0.3) is 0 Å². The van der Waals surface area contributed by atoms with E-state index in [0.29, 0.717) is 0 Å². The first-order valence-electron chi connectivity index (χ1n) is 11.4. The molecule has 1 heterocycles. The molecule has 1 aliphatic rings. The quantitative estimate of drug-likeness (QED) is 0.305. The standard InChI is InChI=1S/C24H23N5O8S/c30-24(18-14-21(28(31)32)23(22(15-18)29(33)34)27-10-12-37-13-11-27)26-19-6-8-20(9-7-19)38(35,36)25-16-17-4-2-1-3-5-17/h1-9,14-15,25H,10-13,16H2,(H,26,30). The van der Waals surface area contributed by atoms with Crippen molar-refractivity contribution < 1.29 is 27.8 Å². The molecule has 3 aromatic carbocycles. The number of hydrogen-bond acceptors (Lipinski definition) is 9. The number of anilines is 2. The Hall–Kier alpha value is -4.40. The number of carbonyl (C=O) groups is 1. The van der Waals surface area contributed by atoms with Gasteiger partial charge in [-0.15, -0.1) is 0 Å². The van der Waals surface area contributed by atoms with E-state index in [1.807, 2.05) is 6.07 Å². The highest BCUT2D eigenvalue weighted by Crippen LogP contribution is 2.39. The van der Waals surface area contributed by atoms with Gasteiger partial charge in [-0.05, 0) is 29.8 Å². The maximum atomic E-state index is 12.9. The normalized spacial score (nSPS) is 13.6. The van der Waals surface area contributed by atoms with Gasteiger partial charge in [0.2, 0.25) is 10.0 Å². The number of sulfonamides is 1. The molecule has 198 valence electrons.